The Labute approximate surface area is 115 Å². The second-order valence-electron chi connectivity index (χ2n) is 4.40. The molecule has 1 aromatic heterocycles. The monoisotopic (exact) mass is 270 g/mol. The van der Waals surface area contributed by atoms with Gasteiger partial charge in [-0.05, 0) is 22.9 Å². The molecule has 5 heteroatoms. The first-order valence-corrected chi connectivity index (χ1v) is 6.42. The van der Waals surface area contributed by atoms with Gasteiger partial charge >= 0.3 is 0 Å². The highest BCUT2D eigenvalue weighted by Crippen LogP contribution is 2.31. The van der Waals surface area contributed by atoms with Gasteiger partial charge in [0.25, 0.3) is 5.89 Å². The highest BCUT2D eigenvalue weighted by atomic mass is 16.5. The van der Waals surface area contributed by atoms with Gasteiger partial charge in [-0.2, -0.15) is 0 Å². The first-order valence-electron chi connectivity index (χ1n) is 6.42. The van der Waals surface area contributed by atoms with Crippen LogP contribution in [0.3, 0.4) is 0 Å². The molecule has 1 N–H and O–H groups in total. The maximum absolute atomic E-state index is 9.95. The van der Waals surface area contributed by atoms with Crippen molar-refractivity contribution in [3.63, 3.8) is 0 Å². The van der Waals surface area contributed by atoms with Crippen molar-refractivity contribution in [3.8, 4) is 11.5 Å². The number of rotatable bonds is 4. The molecular weight excluding hydrogens is 256 g/mol. The summed E-state index contributed by atoms with van der Waals surface area (Å²) < 4.78 is 10.9. The second-order valence-corrected chi connectivity index (χ2v) is 4.40. The zero-order valence-electron chi connectivity index (χ0n) is 11.0. The van der Waals surface area contributed by atoms with Crippen molar-refractivity contribution in [3.05, 3.63) is 48.2 Å². The van der Waals surface area contributed by atoms with Crippen molar-refractivity contribution >= 4 is 10.8 Å². The van der Waals surface area contributed by atoms with Crippen LogP contribution in [0.25, 0.3) is 10.8 Å². The Kier molecular flexibility index (Phi) is 3.25. The predicted octanol–water partition coefficient (Wildman–Crippen LogP) is 3.07. The third kappa shape index (κ3) is 2.42. The maximum atomic E-state index is 9.95. The molecule has 0 amide bonds. The molecule has 3 rings (SSSR count). The molecule has 0 bridgehead atoms. The lowest BCUT2D eigenvalue weighted by Gasteiger charge is -2.07. The molecule has 3 aromatic rings. The molecule has 0 radical (unpaired) electrons. The summed E-state index contributed by atoms with van der Waals surface area (Å²) in [5, 5.41) is 19.6. The highest BCUT2D eigenvalue weighted by molar-refractivity contribution is 5.85. The van der Waals surface area contributed by atoms with Crippen LogP contribution in [-0.2, 0) is 13.0 Å². The second kappa shape index (κ2) is 5.21. The minimum atomic E-state index is 0.0962. The fraction of sp³-hybridized carbons (Fsp3) is 0.200. The van der Waals surface area contributed by atoms with Crippen molar-refractivity contribution in [1.82, 2.24) is 10.2 Å². The molecule has 20 heavy (non-hydrogen) atoms. The Hall–Kier alpha value is -2.56. The van der Waals surface area contributed by atoms with E-state index in [9.17, 15) is 5.11 Å². The van der Waals surface area contributed by atoms with E-state index < -0.39 is 0 Å². The molecule has 0 atom stereocenters. The number of aryl methyl sites for hydroxylation is 1. The molecule has 0 unspecified atom stereocenters. The van der Waals surface area contributed by atoms with Crippen LogP contribution in [0.1, 0.15) is 18.7 Å². The first-order chi connectivity index (χ1) is 9.76. The van der Waals surface area contributed by atoms with Crippen LogP contribution in [0.2, 0.25) is 0 Å². The topological polar surface area (TPSA) is 68.4 Å². The summed E-state index contributed by atoms with van der Waals surface area (Å²) in [5.41, 5.74) is 0. The van der Waals surface area contributed by atoms with E-state index in [1.165, 1.54) is 0 Å². The first kappa shape index (κ1) is 12.5. The summed E-state index contributed by atoms with van der Waals surface area (Å²) in [6.07, 6.45) is 0.689. The van der Waals surface area contributed by atoms with E-state index in [-0.39, 0.29) is 12.4 Å². The molecule has 0 aliphatic carbocycles. The van der Waals surface area contributed by atoms with Crippen LogP contribution in [0.5, 0.6) is 11.5 Å². The Bertz CT molecular complexity index is 737. The van der Waals surface area contributed by atoms with E-state index >= 15 is 0 Å². The van der Waals surface area contributed by atoms with Crippen LogP contribution in [0.15, 0.2) is 40.8 Å². The number of aromatic nitrogens is 2. The molecule has 5 nitrogen and oxygen atoms in total. The van der Waals surface area contributed by atoms with E-state index in [1.807, 2.05) is 31.2 Å². The quantitative estimate of drug-likeness (QED) is 0.789. The number of aromatic hydroxyl groups is 1. The van der Waals surface area contributed by atoms with E-state index in [2.05, 4.69) is 10.2 Å². The third-order valence-electron chi connectivity index (χ3n) is 2.99. The normalized spacial score (nSPS) is 10.8. The number of hydrogen-bond donors (Lipinski definition) is 1. The van der Waals surface area contributed by atoms with Gasteiger partial charge in [0.05, 0.1) is 0 Å². The van der Waals surface area contributed by atoms with Crippen LogP contribution in [0, 0.1) is 0 Å². The van der Waals surface area contributed by atoms with E-state index in [4.69, 9.17) is 9.15 Å². The van der Waals surface area contributed by atoms with Gasteiger partial charge in [0.2, 0.25) is 5.89 Å². The number of phenolic OH excluding ortho intramolecular Hbond substituents is 1. The van der Waals surface area contributed by atoms with Crippen molar-refractivity contribution in [1.29, 1.82) is 0 Å². The molecule has 0 fully saturated rings. The number of ether oxygens (including phenoxy) is 1. The van der Waals surface area contributed by atoms with Gasteiger partial charge in [0, 0.05) is 6.42 Å². The summed E-state index contributed by atoms with van der Waals surface area (Å²) in [6, 6.07) is 11.2. The Morgan fingerprint density at radius 3 is 2.50 bits per heavy atom. The van der Waals surface area contributed by atoms with Crippen LogP contribution in [-0.4, -0.2) is 15.3 Å². The zero-order chi connectivity index (χ0) is 13.9. The average Bonchev–Trinajstić information content (AvgIpc) is 2.93. The minimum absolute atomic E-state index is 0.0962. The Morgan fingerprint density at radius 2 is 1.80 bits per heavy atom. The molecule has 0 saturated carbocycles. The van der Waals surface area contributed by atoms with Gasteiger partial charge in [0.15, 0.2) is 18.1 Å². The third-order valence-corrected chi connectivity index (χ3v) is 2.99. The maximum Gasteiger partial charge on any atom is 0.253 e. The number of benzene rings is 2. The Morgan fingerprint density at radius 1 is 1.10 bits per heavy atom. The van der Waals surface area contributed by atoms with Gasteiger partial charge in [0.1, 0.15) is 0 Å². The molecule has 2 aromatic carbocycles. The molecular formula is C15H14N2O3. The molecule has 1 heterocycles. The summed E-state index contributed by atoms with van der Waals surface area (Å²) >= 11 is 0. The standard InChI is InChI=1S/C15H14N2O3/c1-2-14-16-17-15(20-14)9-19-13-8-11-6-4-3-5-10(11)7-12(13)18/h3-8,18H,2,9H2,1H3. The Balaban J connectivity index is 1.81. The van der Waals surface area contributed by atoms with E-state index in [0.717, 1.165) is 10.8 Å². The number of phenols is 1. The predicted molar refractivity (Wildman–Crippen MR) is 73.6 cm³/mol. The minimum Gasteiger partial charge on any atom is -0.504 e. The van der Waals surface area contributed by atoms with Crippen molar-refractivity contribution in [2.75, 3.05) is 0 Å². The van der Waals surface area contributed by atoms with E-state index in [0.29, 0.717) is 24.0 Å². The molecule has 0 aliphatic rings. The van der Waals surface area contributed by atoms with Gasteiger partial charge in [-0.25, -0.2) is 0 Å². The fourth-order valence-electron chi connectivity index (χ4n) is 1.95. The molecule has 0 saturated heterocycles. The summed E-state index contributed by atoms with van der Waals surface area (Å²) in [4.78, 5) is 0. The lowest BCUT2D eigenvalue weighted by molar-refractivity contribution is 0.249. The van der Waals surface area contributed by atoms with Crippen molar-refractivity contribution in [2.45, 2.75) is 20.0 Å². The lowest BCUT2D eigenvalue weighted by Crippen LogP contribution is -1.96. The molecule has 102 valence electrons. The fourth-order valence-corrected chi connectivity index (χ4v) is 1.95. The van der Waals surface area contributed by atoms with Crippen LogP contribution in [0.4, 0.5) is 0 Å². The van der Waals surface area contributed by atoms with E-state index in [1.54, 1.807) is 12.1 Å². The number of nitrogens with zero attached hydrogens (tertiary/aromatic N) is 2. The average molecular weight is 270 g/mol. The molecule has 0 aliphatic heterocycles. The number of fused-ring (bicyclic) bond motifs is 1. The van der Waals surface area contributed by atoms with Gasteiger partial charge in [-0.3, -0.25) is 0 Å². The summed E-state index contributed by atoms with van der Waals surface area (Å²) in [5.74, 6) is 1.47. The van der Waals surface area contributed by atoms with Crippen LogP contribution >= 0.6 is 0 Å². The van der Waals surface area contributed by atoms with Crippen molar-refractivity contribution < 1.29 is 14.3 Å². The lowest BCUT2D eigenvalue weighted by atomic mass is 10.1. The van der Waals surface area contributed by atoms with Gasteiger partial charge in [-0.1, -0.05) is 31.2 Å². The zero-order valence-corrected chi connectivity index (χ0v) is 11.0. The SMILES string of the molecule is CCc1nnc(COc2cc3ccccc3cc2O)o1. The summed E-state index contributed by atoms with van der Waals surface area (Å²) in [7, 11) is 0. The largest absolute Gasteiger partial charge is 0.504 e. The van der Waals surface area contributed by atoms with Gasteiger partial charge in [-0.15, -0.1) is 10.2 Å². The number of hydrogen-bond acceptors (Lipinski definition) is 5. The van der Waals surface area contributed by atoms with Crippen LogP contribution < -0.4 is 4.74 Å². The van der Waals surface area contributed by atoms with Gasteiger partial charge < -0.3 is 14.3 Å². The van der Waals surface area contributed by atoms with Crippen molar-refractivity contribution in [2.24, 2.45) is 0 Å². The molecule has 0 spiro atoms. The summed E-state index contributed by atoms with van der Waals surface area (Å²) in [6.45, 7) is 2.08. The highest BCUT2D eigenvalue weighted by Gasteiger charge is 2.08. The smallest absolute Gasteiger partial charge is 0.253 e.